The molecule has 0 saturated carbocycles. The van der Waals surface area contributed by atoms with E-state index < -0.39 is 16.7 Å². The number of carbonyl (C=O) groups is 2. The molecule has 0 radical (unpaired) electrons. The fourth-order valence-corrected chi connectivity index (χ4v) is 2.54. The summed E-state index contributed by atoms with van der Waals surface area (Å²) in [4.78, 5) is 38.3. The average molecular weight is 416 g/mol. The van der Waals surface area contributed by atoms with E-state index >= 15 is 0 Å². The molecule has 1 aromatic heterocycles. The molecule has 0 aliphatic heterocycles. The van der Waals surface area contributed by atoms with Crippen LogP contribution in [-0.2, 0) is 0 Å². The summed E-state index contributed by atoms with van der Waals surface area (Å²) in [5, 5.41) is 20.1. The first-order valence-corrected chi connectivity index (χ1v) is 8.72. The van der Waals surface area contributed by atoms with Crippen molar-refractivity contribution in [2.75, 3.05) is 13.1 Å². The van der Waals surface area contributed by atoms with E-state index in [1.54, 1.807) is 24.3 Å². The fourth-order valence-electron chi connectivity index (χ4n) is 2.35. The van der Waals surface area contributed by atoms with Crippen molar-refractivity contribution in [1.29, 1.82) is 0 Å². The topological polar surface area (TPSA) is 140 Å². The predicted octanol–water partition coefficient (Wildman–Crippen LogP) is 2.46. The molecule has 10 nitrogen and oxygen atoms in total. The Kier molecular flexibility index (Phi) is 6.15. The van der Waals surface area contributed by atoms with E-state index in [0.717, 1.165) is 0 Å². The maximum atomic E-state index is 12.1. The Morgan fingerprint density at radius 1 is 1.07 bits per heavy atom. The minimum Gasteiger partial charge on any atom is -0.350 e. The van der Waals surface area contributed by atoms with Crippen molar-refractivity contribution in [2.24, 2.45) is 0 Å². The average Bonchev–Trinajstić information content (AvgIpc) is 3.21. The molecule has 0 aliphatic carbocycles. The second-order valence-corrected chi connectivity index (χ2v) is 6.19. The second kappa shape index (κ2) is 8.93. The number of nitrogens with one attached hydrogen (secondary N) is 2. The third-order valence-corrected chi connectivity index (χ3v) is 3.95. The van der Waals surface area contributed by atoms with Gasteiger partial charge in [0.05, 0.1) is 4.92 Å². The molecule has 3 rings (SSSR count). The summed E-state index contributed by atoms with van der Waals surface area (Å²) < 4.78 is 4.94. The van der Waals surface area contributed by atoms with Crippen LogP contribution < -0.4 is 10.6 Å². The highest BCUT2D eigenvalue weighted by Gasteiger charge is 2.16. The summed E-state index contributed by atoms with van der Waals surface area (Å²) in [7, 11) is 0. The largest absolute Gasteiger partial charge is 0.350 e. The van der Waals surface area contributed by atoms with Crippen molar-refractivity contribution in [3.63, 3.8) is 0 Å². The second-order valence-electron chi connectivity index (χ2n) is 5.75. The monoisotopic (exact) mass is 415 g/mol. The standard InChI is InChI=1S/C18H14ClN5O5/c19-13-5-1-3-11(9-13)15-22-18(29-23-15)17(26)21-8-7-20-16(25)12-4-2-6-14(10-12)24(27)28/h1-6,9-10H,7-8H2,(H,20,25)(H,21,26). The smallest absolute Gasteiger partial charge is 0.316 e. The van der Waals surface area contributed by atoms with E-state index in [1.807, 2.05) is 0 Å². The molecule has 0 fully saturated rings. The summed E-state index contributed by atoms with van der Waals surface area (Å²) >= 11 is 5.91. The maximum Gasteiger partial charge on any atom is 0.316 e. The van der Waals surface area contributed by atoms with Crippen molar-refractivity contribution in [3.8, 4) is 11.4 Å². The molecule has 11 heteroatoms. The van der Waals surface area contributed by atoms with E-state index in [-0.39, 0.29) is 36.1 Å². The Morgan fingerprint density at radius 3 is 2.52 bits per heavy atom. The lowest BCUT2D eigenvalue weighted by Gasteiger charge is -2.05. The van der Waals surface area contributed by atoms with Crippen LogP contribution in [0, 0.1) is 10.1 Å². The fraction of sp³-hybridized carbons (Fsp3) is 0.111. The lowest BCUT2D eigenvalue weighted by molar-refractivity contribution is -0.384. The van der Waals surface area contributed by atoms with Gasteiger partial charge in [-0.1, -0.05) is 35.0 Å². The first-order valence-electron chi connectivity index (χ1n) is 8.34. The van der Waals surface area contributed by atoms with Crippen LogP contribution in [0.3, 0.4) is 0 Å². The van der Waals surface area contributed by atoms with Crippen LogP contribution in [0.15, 0.2) is 53.1 Å². The van der Waals surface area contributed by atoms with Gasteiger partial charge in [0, 0.05) is 41.4 Å². The van der Waals surface area contributed by atoms with Crippen LogP contribution in [0.25, 0.3) is 11.4 Å². The van der Waals surface area contributed by atoms with Gasteiger partial charge in [0.2, 0.25) is 5.82 Å². The number of aromatic nitrogens is 2. The number of benzene rings is 2. The summed E-state index contributed by atoms with van der Waals surface area (Å²) in [6.45, 7) is 0.191. The molecule has 0 aliphatic rings. The minimum absolute atomic E-state index is 0.0916. The molecule has 29 heavy (non-hydrogen) atoms. The minimum atomic E-state index is -0.602. The maximum absolute atomic E-state index is 12.1. The number of nitrogens with zero attached hydrogens (tertiary/aromatic N) is 3. The number of rotatable bonds is 7. The van der Waals surface area contributed by atoms with Gasteiger partial charge < -0.3 is 15.2 Å². The van der Waals surface area contributed by atoms with Gasteiger partial charge in [0.25, 0.3) is 11.6 Å². The van der Waals surface area contributed by atoms with Crippen molar-refractivity contribution in [1.82, 2.24) is 20.8 Å². The van der Waals surface area contributed by atoms with Gasteiger partial charge in [-0.2, -0.15) is 4.98 Å². The third-order valence-electron chi connectivity index (χ3n) is 3.72. The molecule has 0 spiro atoms. The highest BCUT2D eigenvalue weighted by atomic mass is 35.5. The van der Waals surface area contributed by atoms with Crippen LogP contribution in [-0.4, -0.2) is 40.0 Å². The predicted molar refractivity (Wildman–Crippen MR) is 103 cm³/mol. The van der Waals surface area contributed by atoms with Crippen molar-refractivity contribution >= 4 is 29.1 Å². The number of hydrogen-bond acceptors (Lipinski definition) is 7. The number of amides is 2. The molecule has 3 aromatic rings. The Balaban J connectivity index is 1.50. The van der Waals surface area contributed by atoms with Gasteiger partial charge in [-0.05, 0) is 18.2 Å². The summed E-state index contributed by atoms with van der Waals surface area (Å²) in [5.41, 5.74) is 0.566. The molecular weight excluding hydrogens is 402 g/mol. The highest BCUT2D eigenvalue weighted by molar-refractivity contribution is 6.30. The number of nitro groups is 1. The van der Waals surface area contributed by atoms with Gasteiger partial charge in [-0.15, -0.1) is 0 Å². The molecule has 1 heterocycles. The first-order chi connectivity index (χ1) is 13.9. The summed E-state index contributed by atoms with van der Waals surface area (Å²) in [5.74, 6) is -1.11. The molecule has 2 amide bonds. The first kappa shape index (κ1) is 20.0. The number of carbonyl (C=O) groups excluding carboxylic acids is 2. The van der Waals surface area contributed by atoms with Crippen LogP contribution in [0.5, 0.6) is 0 Å². The summed E-state index contributed by atoms with van der Waals surface area (Å²) in [6, 6.07) is 12.1. The molecule has 148 valence electrons. The Bertz CT molecular complexity index is 1070. The number of non-ortho nitro benzene ring substituents is 1. The van der Waals surface area contributed by atoms with Gasteiger partial charge in [-0.3, -0.25) is 19.7 Å². The van der Waals surface area contributed by atoms with Crippen molar-refractivity contribution < 1.29 is 19.0 Å². The van der Waals surface area contributed by atoms with Crippen LogP contribution >= 0.6 is 11.6 Å². The van der Waals surface area contributed by atoms with E-state index in [9.17, 15) is 19.7 Å². The zero-order valence-electron chi connectivity index (χ0n) is 14.8. The third kappa shape index (κ3) is 5.14. The molecule has 0 bridgehead atoms. The number of halogens is 1. The lowest BCUT2D eigenvalue weighted by Crippen LogP contribution is -2.34. The number of nitro benzene ring substituents is 1. The van der Waals surface area contributed by atoms with Crippen LogP contribution in [0.2, 0.25) is 5.02 Å². The molecule has 0 saturated heterocycles. The Hall–Kier alpha value is -3.79. The molecular formula is C18H14ClN5O5. The quantitative estimate of drug-likeness (QED) is 0.343. The molecule has 2 aromatic carbocycles. The zero-order valence-corrected chi connectivity index (χ0v) is 15.5. The highest BCUT2D eigenvalue weighted by Crippen LogP contribution is 2.19. The van der Waals surface area contributed by atoms with Crippen molar-refractivity contribution in [3.05, 3.63) is 75.1 Å². The summed E-state index contributed by atoms with van der Waals surface area (Å²) in [6.07, 6.45) is 0. The Morgan fingerprint density at radius 2 is 1.79 bits per heavy atom. The van der Waals surface area contributed by atoms with Crippen LogP contribution in [0.1, 0.15) is 21.0 Å². The SMILES string of the molecule is O=C(NCCNC(=O)c1nc(-c2cccc(Cl)c2)no1)c1cccc([N+](=O)[O-])c1. The normalized spacial score (nSPS) is 10.4. The van der Waals surface area contributed by atoms with Crippen LogP contribution in [0.4, 0.5) is 5.69 Å². The van der Waals surface area contributed by atoms with Gasteiger partial charge in [-0.25, -0.2) is 0 Å². The molecule has 2 N–H and O–H groups in total. The van der Waals surface area contributed by atoms with E-state index in [4.69, 9.17) is 16.1 Å². The molecule has 0 unspecified atom stereocenters. The van der Waals surface area contributed by atoms with Gasteiger partial charge in [0.1, 0.15) is 0 Å². The molecule has 0 atom stereocenters. The Labute approximate surface area is 169 Å². The van der Waals surface area contributed by atoms with E-state index in [1.165, 1.54) is 24.3 Å². The lowest BCUT2D eigenvalue weighted by atomic mass is 10.2. The van der Waals surface area contributed by atoms with E-state index in [0.29, 0.717) is 10.6 Å². The number of hydrogen-bond donors (Lipinski definition) is 2. The van der Waals surface area contributed by atoms with Gasteiger partial charge in [0.15, 0.2) is 0 Å². The zero-order chi connectivity index (χ0) is 20.8. The van der Waals surface area contributed by atoms with E-state index in [2.05, 4.69) is 20.8 Å². The van der Waals surface area contributed by atoms with Gasteiger partial charge >= 0.3 is 11.8 Å². The van der Waals surface area contributed by atoms with Crippen molar-refractivity contribution in [2.45, 2.75) is 0 Å².